The van der Waals surface area contributed by atoms with Crippen LogP contribution in [-0.4, -0.2) is 38.4 Å². The molecule has 0 aliphatic heterocycles. The summed E-state index contributed by atoms with van der Waals surface area (Å²) in [5.74, 6) is -0.213. The van der Waals surface area contributed by atoms with Crippen molar-refractivity contribution in [2.24, 2.45) is 5.73 Å². The van der Waals surface area contributed by atoms with E-state index < -0.39 is 5.91 Å². The van der Waals surface area contributed by atoms with Crippen molar-refractivity contribution in [3.63, 3.8) is 0 Å². The number of imidazole rings is 1. The predicted octanol–water partition coefficient (Wildman–Crippen LogP) is 2.33. The SMILES string of the molecule is NC(=O)CCN(Cc1ccccc1)C(=O)CSc1ncc2ccccn12. The van der Waals surface area contributed by atoms with Crippen molar-refractivity contribution in [3.8, 4) is 0 Å². The molecule has 26 heavy (non-hydrogen) atoms. The lowest BCUT2D eigenvalue weighted by Gasteiger charge is -2.22. The van der Waals surface area contributed by atoms with E-state index in [4.69, 9.17) is 5.73 Å². The Balaban J connectivity index is 1.67. The van der Waals surface area contributed by atoms with Gasteiger partial charge in [-0.25, -0.2) is 4.98 Å². The van der Waals surface area contributed by atoms with E-state index in [-0.39, 0.29) is 18.1 Å². The molecule has 0 bridgehead atoms. The Morgan fingerprint density at radius 3 is 2.65 bits per heavy atom. The molecule has 1 aromatic carbocycles. The van der Waals surface area contributed by atoms with E-state index in [1.165, 1.54) is 11.8 Å². The Morgan fingerprint density at radius 2 is 1.88 bits per heavy atom. The second kappa shape index (κ2) is 8.53. The molecule has 2 N–H and O–H groups in total. The maximum atomic E-state index is 12.7. The van der Waals surface area contributed by atoms with Gasteiger partial charge in [-0.3, -0.25) is 14.0 Å². The molecule has 2 heterocycles. The number of aromatic nitrogens is 2. The summed E-state index contributed by atoms with van der Waals surface area (Å²) in [6.07, 6.45) is 3.85. The van der Waals surface area contributed by atoms with Crippen molar-refractivity contribution in [2.75, 3.05) is 12.3 Å². The van der Waals surface area contributed by atoms with Crippen molar-refractivity contribution in [1.29, 1.82) is 0 Å². The van der Waals surface area contributed by atoms with Gasteiger partial charge in [0.1, 0.15) is 0 Å². The topological polar surface area (TPSA) is 80.7 Å². The summed E-state index contributed by atoms with van der Waals surface area (Å²) < 4.78 is 1.95. The summed E-state index contributed by atoms with van der Waals surface area (Å²) in [4.78, 5) is 29.9. The van der Waals surface area contributed by atoms with Crippen molar-refractivity contribution >= 4 is 29.1 Å². The van der Waals surface area contributed by atoms with Crippen LogP contribution in [0.15, 0.2) is 66.1 Å². The summed E-state index contributed by atoms with van der Waals surface area (Å²) in [7, 11) is 0. The third-order valence-corrected chi connectivity index (χ3v) is 4.88. The van der Waals surface area contributed by atoms with Gasteiger partial charge in [0.25, 0.3) is 0 Å². The molecule has 0 aliphatic rings. The number of hydrogen-bond acceptors (Lipinski definition) is 4. The number of rotatable bonds is 8. The van der Waals surface area contributed by atoms with Gasteiger partial charge in [0.2, 0.25) is 11.8 Å². The van der Waals surface area contributed by atoms with Crippen LogP contribution < -0.4 is 5.73 Å². The lowest BCUT2D eigenvalue weighted by atomic mass is 10.2. The number of carbonyl (C=O) groups excluding carboxylic acids is 2. The quantitative estimate of drug-likeness (QED) is 0.619. The van der Waals surface area contributed by atoms with E-state index in [1.54, 1.807) is 11.1 Å². The molecule has 0 spiro atoms. The van der Waals surface area contributed by atoms with Crippen molar-refractivity contribution in [1.82, 2.24) is 14.3 Å². The molecule has 0 saturated carbocycles. The molecule has 0 atom stereocenters. The van der Waals surface area contributed by atoms with Gasteiger partial charge in [-0.05, 0) is 17.7 Å². The largest absolute Gasteiger partial charge is 0.370 e. The van der Waals surface area contributed by atoms with Gasteiger partial charge in [0.15, 0.2) is 5.16 Å². The van der Waals surface area contributed by atoms with Crippen LogP contribution in [0.2, 0.25) is 0 Å². The van der Waals surface area contributed by atoms with Crippen LogP contribution in [0.25, 0.3) is 5.52 Å². The Bertz CT molecular complexity index is 895. The molecule has 0 unspecified atom stereocenters. The number of fused-ring (bicyclic) bond motifs is 1. The highest BCUT2D eigenvalue weighted by molar-refractivity contribution is 7.99. The first-order valence-corrected chi connectivity index (χ1v) is 9.27. The van der Waals surface area contributed by atoms with Crippen LogP contribution in [0.3, 0.4) is 0 Å². The number of pyridine rings is 1. The van der Waals surface area contributed by atoms with Crippen molar-refractivity contribution < 1.29 is 9.59 Å². The highest BCUT2D eigenvalue weighted by Crippen LogP contribution is 2.19. The van der Waals surface area contributed by atoms with Crippen molar-refractivity contribution in [3.05, 3.63) is 66.5 Å². The van der Waals surface area contributed by atoms with E-state index in [9.17, 15) is 9.59 Å². The van der Waals surface area contributed by atoms with E-state index in [0.29, 0.717) is 13.1 Å². The molecule has 7 heteroatoms. The zero-order chi connectivity index (χ0) is 18.4. The minimum absolute atomic E-state index is 0.0483. The highest BCUT2D eigenvalue weighted by Gasteiger charge is 2.16. The monoisotopic (exact) mass is 368 g/mol. The summed E-state index contributed by atoms with van der Waals surface area (Å²) in [6.45, 7) is 0.766. The fourth-order valence-corrected chi connectivity index (χ4v) is 3.45. The maximum Gasteiger partial charge on any atom is 0.233 e. The predicted molar refractivity (Wildman–Crippen MR) is 102 cm³/mol. The van der Waals surface area contributed by atoms with Gasteiger partial charge >= 0.3 is 0 Å². The Kier molecular flexibility index (Phi) is 5.91. The minimum atomic E-state index is -0.414. The van der Waals surface area contributed by atoms with E-state index in [1.807, 2.05) is 59.1 Å². The molecule has 134 valence electrons. The fraction of sp³-hybridized carbons (Fsp3) is 0.211. The Morgan fingerprint density at radius 1 is 1.12 bits per heavy atom. The molecule has 6 nitrogen and oxygen atoms in total. The molecule has 3 aromatic rings. The average Bonchev–Trinajstić information content (AvgIpc) is 3.07. The molecule has 0 fully saturated rings. The molecule has 2 amide bonds. The van der Waals surface area contributed by atoms with Crippen molar-refractivity contribution in [2.45, 2.75) is 18.1 Å². The Labute approximate surface area is 156 Å². The van der Waals surface area contributed by atoms with Gasteiger partial charge in [-0.15, -0.1) is 0 Å². The molecule has 0 saturated heterocycles. The zero-order valence-corrected chi connectivity index (χ0v) is 15.1. The first-order valence-electron chi connectivity index (χ1n) is 8.28. The summed E-state index contributed by atoms with van der Waals surface area (Å²) in [5, 5.41) is 0.767. The number of nitrogens with two attached hydrogens (primary N) is 1. The summed E-state index contributed by atoms with van der Waals surface area (Å²) in [5.41, 5.74) is 7.25. The number of carbonyl (C=O) groups is 2. The normalized spacial score (nSPS) is 10.8. The second-order valence-corrected chi connectivity index (χ2v) is 6.78. The number of primary amides is 1. The van der Waals surface area contributed by atoms with Gasteiger partial charge in [0, 0.05) is 25.7 Å². The van der Waals surface area contributed by atoms with Crippen LogP contribution in [-0.2, 0) is 16.1 Å². The first kappa shape index (κ1) is 18.0. The zero-order valence-electron chi connectivity index (χ0n) is 14.2. The van der Waals surface area contributed by atoms with Gasteiger partial charge < -0.3 is 10.6 Å². The van der Waals surface area contributed by atoms with Crippen LogP contribution in [0.1, 0.15) is 12.0 Å². The van der Waals surface area contributed by atoms with Crippen LogP contribution in [0.5, 0.6) is 0 Å². The molecule has 2 aromatic heterocycles. The number of amides is 2. The van der Waals surface area contributed by atoms with Gasteiger partial charge in [0.05, 0.1) is 17.5 Å². The van der Waals surface area contributed by atoms with Gasteiger partial charge in [-0.2, -0.15) is 0 Å². The van der Waals surface area contributed by atoms with E-state index >= 15 is 0 Å². The van der Waals surface area contributed by atoms with Crippen LogP contribution in [0, 0.1) is 0 Å². The number of hydrogen-bond donors (Lipinski definition) is 1. The smallest absolute Gasteiger partial charge is 0.233 e. The minimum Gasteiger partial charge on any atom is -0.370 e. The fourth-order valence-electron chi connectivity index (χ4n) is 2.58. The molecular formula is C19H20N4O2S. The molecule has 0 radical (unpaired) electrons. The molecule has 3 rings (SSSR count). The van der Waals surface area contributed by atoms with Crippen LogP contribution in [0.4, 0.5) is 0 Å². The molecular weight excluding hydrogens is 348 g/mol. The maximum absolute atomic E-state index is 12.7. The lowest BCUT2D eigenvalue weighted by molar-refractivity contribution is -0.129. The number of nitrogens with zero attached hydrogens (tertiary/aromatic N) is 3. The third kappa shape index (κ3) is 4.64. The Hall–Kier alpha value is -2.80. The lowest BCUT2D eigenvalue weighted by Crippen LogP contribution is -2.34. The third-order valence-electron chi connectivity index (χ3n) is 3.93. The summed E-state index contributed by atoms with van der Waals surface area (Å²) in [6, 6.07) is 15.5. The standard InChI is InChI=1S/C19H20N4O2S/c20-17(24)9-11-22(13-15-6-2-1-3-7-15)18(25)14-26-19-21-12-16-8-4-5-10-23(16)19/h1-8,10,12H,9,11,13-14H2,(H2,20,24). The number of thioether (sulfide) groups is 1. The van der Waals surface area contributed by atoms with Crippen LogP contribution >= 0.6 is 11.8 Å². The highest BCUT2D eigenvalue weighted by atomic mass is 32.2. The van der Waals surface area contributed by atoms with E-state index in [0.717, 1.165) is 16.2 Å². The second-order valence-electron chi connectivity index (χ2n) is 5.84. The average molecular weight is 368 g/mol. The number of benzene rings is 1. The van der Waals surface area contributed by atoms with Gasteiger partial charge in [-0.1, -0.05) is 48.2 Å². The first-order chi connectivity index (χ1) is 12.6. The molecule has 0 aliphatic carbocycles. The van der Waals surface area contributed by atoms with E-state index in [2.05, 4.69) is 4.98 Å². The summed E-state index contributed by atoms with van der Waals surface area (Å²) >= 11 is 1.38.